The molecule has 0 radical (unpaired) electrons. The highest BCUT2D eigenvalue weighted by molar-refractivity contribution is 6.02. The second kappa shape index (κ2) is 7.58. The number of phenolic OH excluding ortho intramolecular Hbond substituents is 1. The first-order chi connectivity index (χ1) is 8.72. The molecule has 4 nitrogen and oxygen atoms in total. The van der Waals surface area contributed by atoms with Crippen LogP contribution in [-0.4, -0.2) is 23.1 Å². The first-order valence-electron chi connectivity index (χ1n) is 6.31. The fraction of sp³-hybridized carbons (Fsp3) is 0.500. The molecule has 1 aromatic rings. The van der Waals surface area contributed by atoms with Crippen molar-refractivity contribution >= 4 is 5.71 Å². The zero-order valence-corrected chi connectivity index (χ0v) is 11.0. The molecule has 2 N–H and O–H groups in total. The number of phenols is 1. The summed E-state index contributed by atoms with van der Waals surface area (Å²) in [5, 5.41) is 22.2. The summed E-state index contributed by atoms with van der Waals surface area (Å²) in [7, 11) is 1.54. The van der Waals surface area contributed by atoms with Gasteiger partial charge in [0.1, 0.15) is 11.5 Å². The largest absolute Gasteiger partial charge is 0.507 e. The fourth-order valence-electron chi connectivity index (χ4n) is 1.84. The van der Waals surface area contributed by atoms with E-state index in [2.05, 4.69) is 12.1 Å². The van der Waals surface area contributed by atoms with Gasteiger partial charge in [0, 0.05) is 11.6 Å². The monoisotopic (exact) mass is 251 g/mol. The van der Waals surface area contributed by atoms with Gasteiger partial charge in [0.2, 0.25) is 0 Å². The average Bonchev–Trinajstić information content (AvgIpc) is 2.39. The van der Waals surface area contributed by atoms with Crippen LogP contribution in [0.5, 0.6) is 11.5 Å². The average molecular weight is 251 g/mol. The summed E-state index contributed by atoms with van der Waals surface area (Å²) >= 11 is 0. The predicted molar refractivity (Wildman–Crippen MR) is 71.7 cm³/mol. The second-order valence-corrected chi connectivity index (χ2v) is 4.24. The molecule has 0 fully saturated rings. The standard InChI is InChI=1S/C14H21NO3/c1-3-4-5-6-7-13(15-17)12-9-8-11(18-2)10-14(12)16/h8-10,16-17H,3-7H2,1-2H3/b15-13+. The van der Waals surface area contributed by atoms with Gasteiger partial charge in [-0.2, -0.15) is 0 Å². The number of nitrogens with zero attached hydrogens (tertiary/aromatic N) is 1. The Morgan fingerprint density at radius 1 is 1.28 bits per heavy atom. The van der Waals surface area contributed by atoms with Gasteiger partial charge in [-0.05, 0) is 25.0 Å². The van der Waals surface area contributed by atoms with Crippen molar-refractivity contribution in [2.75, 3.05) is 7.11 Å². The minimum Gasteiger partial charge on any atom is -0.507 e. The van der Waals surface area contributed by atoms with Gasteiger partial charge < -0.3 is 15.1 Å². The third-order valence-corrected chi connectivity index (χ3v) is 2.90. The van der Waals surface area contributed by atoms with E-state index in [1.165, 1.54) is 18.9 Å². The molecular weight excluding hydrogens is 230 g/mol. The molecule has 100 valence electrons. The molecule has 1 rings (SSSR count). The Hall–Kier alpha value is -1.71. The maximum Gasteiger partial charge on any atom is 0.128 e. The SMILES string of the molecule is CCCCCC/C(=N\O)c1ccc(OC)cc1O. The lowest BCUT2D eigenvalue weighted by Gasteiger charge is -2.08. The van der Waals surface area contributed by atoms with E-state index >= 15 is 0 Å². The van der Waals surface area contributed by atoms with Gasteiger partial charge in [-0.1, -0.05) is 31.3 Å². The highest BCUT2D eigenvalue weighted by Gasteiger charge is 2.10. The van der Waals surface area contributed by atoms with Crippen LogP contribution in [0.2, 0.25) is 0 Å². The van der Waals surface area contributed by atoms with E-state index in [1.807, 2.05) is 0 Å². The van der Waals surface area contributed by atoms with Crippen molar-refractivity contribution in [2.45, 2.75) is 39.0 Å². The van der Waals surface area contributed by atoms with E-state index in [0.717, 1.165) is 12.8 Å². The lowest BCUT2D eigenvalue weighted by Crippen LogP contribution is -2.02. The zero-order chi connectivity index (χ0) is 13.4. The quantitative estimate of drug-likeness (QED) is 0.337. The second-order valence-electron chi connectivity index (χ2n) is 4.24. The number of rotatable bonds is 7. The zero-order valence-electron chi connectivity index (χ0n) is 11.0. The van der Waals surface area contributed by atoms with E-state index in [9.17, 15) is 5.11 Å². The van der Waals surface area contributed by atoms with Crippen LogP contribution in [0.25, 0.3) is 0 Å². The third kappa shape index (κ3) is 3.95. The Labute approximate surface area is 108 Å². The number of hydrogen-bond acceptors (Lipinski definition) is 4. The molecule has 0 heterocycles. The van der Waals surface area contributed by atoms with E-state index in [1.54, 1.807) is 19.2 Å². The van der Waals surface area contributed by atoms with Gasteiger partial charge in [-0.15, -0.1) is 0 Å². The number of oxime groups is 1. The molecule has 0 amide bonds. The summed E-state index contributed by atoms with van der Waals surface area (Å²) in [5.74, 6) is 0.664. The number of hydrogen-bond donors (Lipinski definition) is 2. The molecule has 0 bridgehead atoms. The van der Waals surface area contributed by atoms with Crippen molar-refractivity contribution < 1.29 is 15.1 Å². The Morgan fingerprint density at radius 3 is 2.61 bits per heavy atom. The molecule has 0 aliphatic heterocycles. The highest BCUT2D eigenvalue weighted by atomic mass is 16.5. The van der Waals surface area contributed by atoms with Gasteiger partial charge in [-0.25, -0.2) is 0 Å². The number of unbranched alkanes of at least 4 members (excludes halogenated alkanes) is 3. The van der Waals surface area contributed by atoms with Gasteiger partial charge in [-0.3, -0.25) is 0 Å². The van der Waals surface area contributed by atoms with Gasteiger partial charge in [0.15, 0.2) is 0 Å². The van der Waals surface area contributed by atoms with Crippen LogP contribution >= 0.6 is 0 Å². The molecule has 0 aliphatic carbocycles. The fourth-order valence-corrected chi connectivity index (χ4v) is 1.84. The molecule has 0 aromatic heterocycles. The van der Waals surface area contributed by atoms with Crippen molar-refractivity contribution in [2.24, 2.45) is 5.16 Å². The van der Waals surface area contributed by atoms with Crippen LogP contribution in [0.1, 0.15) is 44.6 Å². The number of benzene rings is 1. The summed E-state index contributed by atoms with van der Waals surface area (Å²) in [6.45, 7) is 2.15. The first-order valence-corrected chi connectivity index (χ1v) is 6.31. The molecule has 0 unspecified atom stereocenters. The van der Waals surface area contributed by atoms with Crippen LogP contribution in [0.3, 0.4) is 0 Å². The number of ether oxygens (including phenoxy) is 1. The van der Waals surface area contributed by atoms with Gasteiger partial charge >= 0.3 is 0 Å². The van der Waals surface area contributed by atoms with Crippen LogP contribution < -0.4 is 4.74 Å². The lowest BCUT2D eigenvalue weighted by atomic mass is 10.0. The molecule has 0 saturated heterocycles. The highest BCUT2D eigenvalue weighted by Crippen LogP contribution is 2.25. The van der Waals surface area contributed by atoms with E-state index in [-0.39, 0.29) is 5.75 Å². The Kier molecular flexibility index (Phi) is 6.05. The van der Waals surface area contributed by atoms with E-state index in [4.69, 9.17) is 9.94 Å². The Bertz CT molecular complexity index is 402. The molecule has 0 atom stereocenters. The van der Waals surface area contributed by atoms with Crippen molar-refractivity contribution in [1.82, 2.24) is 0 Å². The van der Waals surface area contributed by atoms with Crippen LogP contribution in [0, 0.1) is 0 Å². The summed E-state index contributed by atoms with van der Waals surface area (Å²) in [4.78, 5) is 0. The van der Waals surface area contributed by atoms with E-state index in [0.29, 0.717) is 23.4 Å². The molecule has 18 heavy (non-hydrogen) atoms. The molecule has 0 aliphatic rings. The number of aromatic hydroxyl groups is 1. The van der Waals surface area contributed by atoms with Gasteiger partial charge in [0.25, 0.3) is 0 Å². The molecule has 0 saturated carbocycles. The molecule has 0 spiro atoms. The third-order valence-electron chi connectivity index (χ3n) is 2.90. The van der Waals surface area contributed by atoms with Gasteiger partial charge in [0.05, 0.1) is 12.8 Å². The number of methoxy groups -OCH3 is 1. The summed E-state index contributed by atoms with van der Waals surface area (Å²) in [5.41, 5.74) is 1.08. The van der Waals surface area contributed by atoms with Crippen molar-refractivity contribution in [1.29, 1.82) is 0 Å². The topological polar surface area (TPSA) is 62.1 Å². The first kappa shape index (κ1) is 14.4. The maximum absolute atomic E-state index is 9.85. The smallest absolute Gasteiger partial charge is 0.128 e. The van der Waals surface area contributed by atoms with Crippen molar-refractivity contribution in [3.8, 4) is 11.5 Å². The predicted octanol–water partition coefficient (Wildman–Crippen LogP) is 3.55. The van der Waals surface area contributed by atoms with Crippen LogP contribution in [-0.2, 0) is 0 Å². The van der Waals surface area contributed by atoms with Crippen LogP contribution in [0.15, 0.2) is 23.4 Å². The van der Waals surface area contributed by atoms with Crippen molar-refractivity contribution in [3.05, 3.63) is 23.8 Å². The summed E-state index contributed by atoms with van der Waals surface area (Å²) in [6.07, 6.45) is 5.06. The van der Waals surface area contributed by atoms with E-state index < -0.39 is 0 Å². The molecule has 4 heteroatoms. The normalized spacial score (nSPS) is 11.6. The minimum atomic E-state index is 0.0811. The van der Waals surface area contributed by atoms with Crippen molar-refractivity contribution in [3.63, 3.8) is 0 Å². The molecule has 1 aromatic carbocycles. The van der Waals surface area contributed by atoms with Crippen LogP contribution in [0.4, 0.5) is 0 Å². The summed E-state index contributed by atoms with van der Waals surface area (Å²) in [6, 6.07) is 4.97. The maximum atomic E-state index is 9.85. The molecular formula is C14H21NO3. The minimum absolute atomic E-state index is 0.0811. The lowest BCUT2D eigenvalue weighted by molar-refractivity contribution is 0.317. The Balaban J connectivity index is 2.71. The Morgan fingerprint density at radius 2 is 2.06 bits per heavy atom. The summed E-state index contributed by atoms with van der Waals surface area (Å²) < 4.78 is 5.01.